The van der Waals surface area contributed by atoms with E-state index in [0.717, 1.165) is 10.8 Å². The predicted octanol–water partition coefficient (Wildman–Crippen LogP) is 3.71. The second-order valence-electron chi connectivity index (χ2n) is 4.08. The van der Waals surface area contributed by atoms with Gasteiger partial charge in [0.25, 0.3) is 0 Å². The van der Waals surface area contributed by atoms with Crippen LogP contribution in [-0.2, 0) is 0 Å². The molecule has 2 aromatic rings. The van der Waals surface area contributed by atoms with Crippen LogP contribution in [0.1, 0.15) is 17.2 Å². The van der Waals surface area contributed by atoms with Crippen molar-refractivity contribution in [1.29, 1.82) is 0 Å². The molecule has 2 rings (SSSR count). The first-order chi connectivity index (χ1) is 7.89. The Morgan fingerprint density at radius 3 is 2.12 bits per heavy atom. The minimum Gasteiger partial charge on any atom is -0.316 e. The van der Waals surface area contributed by atoms with Crippen LogP contribution in [0.25, 0.3) is 10.8 Å². The molecule has 0 heterocycles. The van der Waals surface area contributed by atoms with Gasteiger partial charge in [-0.2, -0.15) is 13.2 Å². The zero-order valence-corrected chi connectivity index (χ0v) is 9.25. The summed E-state index contributed by atoms with van der Waals surface area (Å²) in [6, 6.07) is 8.62. The molecule has 0 amide bonds. The number of benzene rings is 2. The van der Waals surface area contributed by atoms with Crippen molar-refractivity contribution < 1.29 is 13.2 Å². The number of hydrogen-bond donors (Lipinski definition) is 1. The van der Waals surface area contributed by atoms with Crippen LogP contribution in [0.3, 0.4) is 0 Å². The van der Waals surface area contributed by atoms with Crippen molar-refractivity contribution in [2.75, 3.05) is 0 Å². The molecule has 0 fully saturated rings. The van der Waals surface area contributed by atoms with Crippen LogP contribution in [0.2, 0.25) is 0 Å². The van der Waals surface area contributed by atoms with Crippen LogP contribution in [0, 0.1) is 6.92 Å². The molecule has 1 atom stereocenters. The van der Waals surface area contributed by atoms with Crippen molar-refractivity contribution >= 4 is 10.8 Å². The fraction of sp³-hybridized carbons (Fsp3) is 0.231. The van der Waals surface area contributed by atoms with E-state index in [9.17, 15) is 13.2 Å². The van der Waals surface area contributed by atoms with Gasteiger partial charge in [-0.15, -0.1) is 0 Å². The summed E-state index contributed by atoms with van der Waals surface area (Å²) in [6.07, 6.45) is -4.41. The SMILES string of the molecule is Cc1cc2ccccc2cc1[C@H](N)C(F)(F)F. The van der Waals surface area contributed by atoms with E-state index in [4.69, 9.17) is 5.73 Å². The molecule has 0 spiro atoms. The summed E-state index contributed by atoms with van der Waals surface area (Å²) >= 11 is 0. The molecule has 2 N–H and O–H groups in total. The number of rotatable bonds is 1. The number of hydrogen-bond acceptors (Lipinski definition) is 1. The van der Waals surface area contributed by atoms with Gasteiger partial charge < -0.3 is 5.73 Å². The Bertz CT molecular complexity index is 546. The number of fused-ring (bicyclic) bond motifs is 1. The quantitative estimate of drug-likeness (QED) is 0.806. The largest absolute Gasteiger partial charge is 0.407 e. The highest BCUT2D eigenvalue weighted by molar-refractivity contribution is 5.84. The molecule has 4 heteroatoms. The fourth-order valence-corrected chi connectivity index (χ4v) is 1.88. The smallest absolute Gasteiger partial charge is 0.316 e. The molecular formula is C13H12F3N. The van der Waals surface area contributed by atoms with Gasteiger partial charge in [0, 0.05) is 0 Å². The zero-order chi connectivity index (χ0) is 12.6. The lowest BCUT2D eigenvalue weighted by molar-refractivity contribution is -0.149. The van der Waals surface area contributed by atoms with Crippen molar-refractivity contribution in [1.82, 2.24) is 0 Å². The van der Waals surface area contributed by atoms with Crippen LogP contribution in [0.5, 0.6) is 0 Å². The molecule has 1 nitrogen and oxygen atoms in total. The summed E-state index contributed by atoms with van der Waals surface area (Å²) < 4.78 is 37.8. The molecule has 2 aromatic carbocycles. The van der Waals surface area contributed by atoms with Gasteiger partial charge in [-0.25, -0.2) is 0 Å². The van der Waals surface area contributed by atoms with Crippen molar-refractivity contribution in [3.05, 3.63) is 47.5 Å². The third-order valence-electron chi connectivity index (χ3n) is 2.82. The summed E-state index contributed by atoms with van der Waals surface area (Å²) in [7, 11) is 0. The van der Waals surface area contributed by atoms with Crippen molar-refractivity contribution in [3.8, 4) is 0 Å². The van der Waals surface area contributed by atoms with Crippen LogP contribution < -0.4 is 5.73 Å². The summed E-state index contributed by atoms with van der Waals surface area (Å²) in [5.74, 6) is 0. The maximum absolute atomic E-state index is 12.6. The van der Waals surface area contributed by atoms with E-state index in [0.29, 0.717) is 5.56 Å². The van der Waals surface area contributed by atoms with Gasteiger partial charge in [-0.3, -0.25) is 0 Å². The fourth-order valence-electron chi connectivity index (χ4n) is 1.88. The van der Waals surface area contributed by atoms with Crippen LogP contribution in [0.4, 0.5) is 13.2 Å². The summed E-state index contributed by atoms with van der Waals surface area (Å²) in [5, 5.41) is 1.69. The number of halogens is 3. The Morgan fingerprint density at radius 2 is 1.59 bits per heavy atom. The van der Waals surface area contributed by atoms with Gasteiger partial charge in [0.15, 0.2) is 0 Å². The molecule has 0 saturated carbocycles. The second kappa shape index (κ2) is 4.04. The second-order valence-corrected chi connectivity index (χ2v) is 4.08. The molecule has 0 bridgehead atoms. The van der Waals surface area contributed by atoms with E-state index in [2.05, 4.69) is 0 Å². The Labute approximate surface area is 97.0 Å². The molecule has 0 aromatic heterocycles. The van der Waals surface area contributed by atoms with E-state index in [-0.39, 0.29) is 5.56 Å². The average Bonchev–Trinajstić information content (AvgIpc) is 2.26. The first-order valence-electron chi connectivity index (χ1n) is 5.21. The van der Waals surface area contributed by atoms with Gasteiger partial charge in [0.2, 0.25) is 0 Å². The maximum Gasteiger partial charge on any atom is 0.407 e. The molecular weight excluding hydrogens is 227 g/mol. The monoisotopic (exact) mass is 239 g/mol. The lowest BCUT2D eigenvalue weighted by Crippen LogP contribution is -2.29. The third kappa shape index (κ3) is 2.26. The standard InChI is InChI=1S/C13H12F3N/c1-8-6-9-4-2-3-5-10(9)7-11(8)12(17)13(14,15)16/h2-7,12H,17H2,1H3/t12-/m0/s1. The molecule has 0 aliphatic carbocycles. The Morgan fingerprint density at radius 1 is 1.06 bits per heavy atom. The van der Waals surface area contributed by atoms with Crippen molar-refractivity contribution in [3.63, 3.8) is 0 Å². The molecule has 0 unspecified atom stereocenters. The Hall–Kier alpha value is -1.55. The summed E-state index contributed by atoms with van der Waals surface area (Å²) in [6.45, 7) is 1.65. The maximum atomic E-state index is 12.6. The minimum atomic E-state index is -4.41. The van der Waals surface area contributed by atoms with Gasteiger partial charge in [0.05, 0.1) is 0 Å². The average molecular weight is 239 g/mol. The minimum absolute atomic E-state index is 0.135. The number of nitrogens with two attached hydrogens (primary N) is 1. The van der Waals surface area contributed by atoms with E-state index in [1.54, 1.807) is 25.1 Å². The molecule has 0 saturated heterocycles. The van der Waals surface area contributed by atoms with Crippen molar-refractivity contribution in [2.24, 2.45) is 5.73 Å². The van der Waals surface area contributed by atoms with E-state index in [1.165, 1.54) is 6.07 Å². The highest BCUT2D eigenvalue weighted by Gasteiger charge is 2.38. The van der Waals surface area contributed by atoms with E-state index in [1.807, 2.05) is 12.1 Å². The van der Waals surface area contributed by atoms with Crippen LogP contribution in [0.15, 0.2) is 36.4 Å². The van der Waals surface area contributed by atoms with Gasteiger partial charge in [-0.1, -0.05) is 30.3 Å². The van der Waals surface area contributed by atoms with Crippen LogP contribution >= 0.6 is 0 Å². The van der Waals surface area contributed by atoms with E-state index < -0.39 is 12.2 Å². The van der Waals surface area contributed by atoms with E-state index >= 15 is 0 Å². The first-order valence-corrected chi connectivity index (χ1v) is 5.21. The lowest BCUT2D eigenvalue weighted by Gasteiger charge is -2.18. The normalized spacial score (nSPS) is 13.9. The highest BCUT2D eigenvalue weighted by atomic mass is 19.4. The molecule has 0 aliphatic rings. The van der Waals surface area contributed by atoms with Gasteiger partial charge >= 0.3 is 6.18 Å². The third-order valence-corrected chi connectivity index (χ3v) is 2.82. The lowest BCUT2D eigenvalue weighted by atomic mass is 9.97. The zero-order valence-electron chi connectivity index (χ0n) is 9.25. The molecule has 17 heavy (non-hydrogen) atoms. The number of alkyl halides is 3. The highest BCUT2D eigenvalue weighted by Crippen LogP contribution is 2.33. The molecule has 0 radical (unpaired) electrons. The van der Waals surface area contributed by atoms with Crippen LogP contribution in [-0.4, -0.2) is 6.18 Å². The summed E-state index contributed by atoms with van der Waals surface area (Å²) in [5.41, 5.74) is 5.94. The number of aryl methyl sites for hydroxylation is 1. The molecule has 90 valence electrons. The Balaban J connectivity index is 2.58. The molecule has 0 aliphatic heterocycles. The van der Waals surface area contributed by atoms with Gasteiger partial charge in [0.1, 0.15) is 6.04 Å². The first kappa shape index (κ1) is 11.9. The Kier molecular flexibility index (Phi) is 2.83. The van der Waals surface area contributed by atoms with Crippen molar-refractivity contribution in [2.45, 2.75) is 19.1 Å². The topological polar surface area (TPSA) is 26.0 Å². The predicted molar refractivity (Wildman–Crippen MR) is 61.7 cm³/mol. The summed E-state index contributed by atoms with van der Waals surface area (Å²) in [4.78, 5) is 0. The van der Waals surface area contributed by atoms with Gasteiger partial charge in [-0.05, 0) is 34.9 Å².